The van der Waals surface area contributed by atoms with Crippen LogP contribution in [0.25, 0.3) is 11.0 Å². The number of para-hydroxylation sites is 1. The molecule has 0 atom stereocenters. The molecule has 1 aromatic heterocycles. The predicted molar refractivity (Wildman–Crippen MR) is 95.9 cm³/mol. The van der Waals surface area contributed by atoms with Crippen LogP contribution >= 0.6 is 11.6 Å². The fourth-order valence-corrected chi connectivity index (χ4v) is 2.77. The highest BCUT2D eigenvalue weighted by Gasteiger charge is 2.20. The summed E-state index contributed by atoms with van der Waals surface area (Å²) in [5.74, 6) is -0.0825. The Hall–Kier alpha value is -2.59. The molecule has 0 spiro atoms. The summed E-state index contributed by atoms with van der Waals surface area (Å²) in [6.45, 7) is 1.97. The molecule has 0 aliphatic heterocycles. The molecule has 3 rings (SSSR count). The van der Waals surface area contributed by atoms with E-state index < -0.39 is 5.91 Å². The summed E-state index contributed by atoms with van der Waals surface area (Å²) in [6.07, 6.45) is 1.27. The molecule has 0 aliphatic rings. The quantitative estimate of drug-likeness (QED) is 0.751. The number of halogens is 1. The SMILES string of the molecule is CCCc1oc2ccccc2c(=O)c1C(=O)Nc1cccc(Cl)c1. The minimum atomic E-state index is -0.486. The average molecular weight is 342 g/mol. The highest BCUT2D eigenvalue weighted by atomic mass is 35.5. The molecule has 0 fully saturated rings. The van der Waals surface area contributed by atoms with Crippen LogP contribution in [-0.2, 0) is 6.42 Å². The Balaban J connectivity index is 2.09. The molecule has 0 saturated heterocycles. The van der Waals surface area contributed by atoms with E-state index in [9.17, 15) is 9.59 Å². The average Bonchev–Trinajstić information content (AvgIpc) is 2.55. The number of aryl methyl sites for hydroxylation is 1. The van der Waals surface area contributed by atoms with Crippen LogP contribution in [0.1, 0.15) is 29.5 Å². The summed E-state index contributed by atoms with van der Waals surface area (Å²) in [4.78, 5) is 25.4. The van der Waals surface area contributed by atoms with Gasteiger partial charge in [-0.15, -0.1) is 0 Å². The molecule has 4 nitrogen and oxygen atoms in total. The van der Waals surface area contributed by atoms with Crippen molar-refractivity contribution in [3.8, 4) is 0 Å². The molecule has 2 aromatic carbocycles. The Bertz CT molecular complexity index is 962. The Morgan fingerprint density at radius 1 is 1.17 bits per heavy atom. The van der Waals surface area contributed by atoms with Gasteiger partial charge in [-0.05, 0) is 36.8 Å². The van der Waals surface area contributed by atoms with Gasteiger partial charge in [-0.2, -0.15) is 0 Å². The molecule has 122 valence electrons. The molecule has 1 N–H and O–H groups in total. The van der Waals surface area contributed by atoms with Gasteiger partial charge in [0.15, 0.2) is 0 Å². The molecule has 0 bridgehead atoms. The number of carbonyl (C=O) groups excluding carboxylic acids is 1. The van der Waals surface area contributed by atoms with Crippen molar-refractivity contribution in [2.45, 2.75) is 19.8 Å². The standard InChI is InChI=1S/C19H16ClNO3/c1-2-6-16-17(18(22)14-9-3-4-10-15(14)24-16)19(23)21-13-8-5-7-12(20)11-13/h3-5,7-11H,2,6H2,1H3,(H,21,23). The lowest BCUT2D eigenvalue weighted by Crippen LogP contribution is -2.24. The van der Waals surface area contributed by atoms with E-state index in [1.54, 1.807) is 48.5 Å². The van der Waals surface area contributed by atoms with Gasteiger partial charge in [-0.3, -0.25) is 9.59 Å². The van der Waals surface area contributed by atoms with Crippen molar-refractivity contribution >= 4 is 34.2 Å². The molecule has 24 heavy (non-hydrogen) atoms. The monoisotopic (exact) mass is 341 g/mol. The van der Waals surface area contributed by atoms with Crippen LogP contribution in [0.2, 0.25) is 5.02 Å². The first-order chi connectivity index (χ1) is 11.6. The molecule has 0 radical (unpaired) electrons. The smallest absolute Gasteiger partial charge is 0.263 e. The fraction of sp³-hybridized carbons (Fsp3) is 0.158. The summed E-state index contributed by atoms with van der Waals surface area (Å²) in [5, 5.41) is 3.62. The fourth-order valence-electron chi connectivity index (χ4n) is 2.58. The van der Waals surface area contributed by atoms with Gasteiger partial charge in [0.1, 0.15) is 16.9 Å². The Morgan fingerprint density at radius 2 is 1.96 bits per heavy atom. The van der Waals surface area contributed by atoms with Crippen molar-refractivity contribution in [1.29, 1.82) is 0 Å². The van der Waals surface area contributed by atoms with Gasteiger partial charge < -0.3 is 9.73 Å². The van der Waals surface area contributed by atoms with E-state index in [4.69, 9.17) is 16.0 Å². The second-order valence-electron chi connectivity index (χ2n) is 5.44. The van der Waals surface area contributed by atoms with Crippen LogP contribution in [0.3, 0.4) is 0 Å². The highest BCUT2D eigenvalue weighted by Crippen LogP contribution is 2.20. The number of benzene rings is 2. The second kappa shape index (κ2) is 6.89. The van der Waals surface area contributed by atoms with Crippen molar-refractivity contribution in [2.75, 3.05) is 5.32 Å². The van der Waals surface area contributed by atoms with Gasteiger partial charge in [-0.25, -0.2) is 0 Å². The number of amides is 1. The lowest BCUT2D eigenvalue weighted by molar-refractivity contribution is 0.102. The molecule has 1 heterocycles. The third-order valence-electron chi connectivity index (χ3n) is 3.66. The maximum atomic E-state index is 12.8. The zero-order valence-corrected chi connectivity index (χ0v) is 13.9. The van der Waals surface area contributed by atoms with Crippen molar-refractivity contribution in [3.63, 3.8) is 0 Å². The summed E-state index contributed by atoms with van der Waals surface area (Å²) in [5.41, 5.74) is 0.753. The lowest BCUT2D eigenvalue weighted by Gasteiger charge is -2.10. The normalized spacial score (nSPS) is 10.8. The minimum Gasteiger partial charge on any atom is -0.460 e. The molecule has 3 aromatic rings. The summed E-state index contributed by atoms with van der Waals surface area (Å²) in [7, 11) is 0. The maximum Gasteiger partial charge on any atom is 0.263 e. The predicted octanol–water partition coefficient (Wildman–Crippen LogP) is 4.65. The van der Waals surface area contributed by atoms with E-state index >= 15 is 0 Å². The van der Waals surface area contributed by atoms with Crippen LogP contribution in [0.5, 0.6) is 0 Å². The van der Waals surface area contributed by atoms with Crippen LogP contribution in [0.4, 0.5) is 5.69 Å². The number of hydrogen-bond acceptors (Lipinski definition) is 3. The number of fused-ring (bicyclic) bond motifs is 1. The molecule has 0 saturated carbocycles. The largest absolute Gasteiger partial charge is 0.460 e. The Morgan fingerprint density at radius 3 is 2.71 bits per heavy atom. The van der Waals surface area contributed by atoms with Crippen LogP contribution < -0.4 is 10.7 Å². The lowest BCUT2D eigenvalue weighted by atomic mass is 10.1. The van der Waals surface area contributed by atoms with Gasteiger partial charge in [0.05, 0.1) is 5.39 Å². The van der Waals surface area contributed by atoms with Gasteiger partial charge >= 0.3 is 0 Å². The summed E-state index contributed by atoms with van der Waals surface area (Å²) < 4.78 is 5.81. The summed E-state index contributed by atoms with van der Waals surface area (Å²) >= 11 is 5.93. The molecular weight excluding hydrogens is 326 g/mol. The summed E-state index contributed by atoms with van der Waals surface area (Å²) in [6, 6.07) is 13.7. The third-order valence-corrected chi connectivity index (χ3v) is 3.89. The minimum absolute atomic E-state index is 0.0514. The van der Waals surface area contributed by atoms with E-state index in [0.29, 0.717) is 33.9 Å². The van der Waals surface area contributed by atoms with Crippen LogP contribution in [0.15, 0.2) is 57.7 Å². The van der Waals surface area contributed by atoms with E-state index in [2.05, 4.69) is 5.32 Å². The number of rotatable bonds is 4. The van der Waals surface area contributed by atoms with Crippen molar-refractivity contribution < 1.29 is 9.21 Å². The zero-order chi connectivity index (χ0) is 17.1. The Kier molecular flexibility index (Phi) is 4.67. The molecule has 0 unspecified atom stereocenters. The van der Waals surface area contributed by atoms with Crippen LogP contribution in [-0.4, -0.2) is 5.91 Å². The molecule has 0 aliphatic carbocycles. The molecular formula is C19H16ClNO3. The molecule has 5 heteroatoms. The van der Waals surface area contributed by atoms with Crippen molar-refractivity contribution in [1.82, 2.24) is 0 Å². The first-order valence-electron chi connectivity index (χ1n) is 7.71. The zero-order valence-electron chi connectivity index (χ0n) is 13.1. The Labute approximate surface area is 144 Å². The van der Waals surface area contributed by atoms with Gasteiger partial charge in [0, 0.05) is 17.1 Å². The highest BCUT2D eigenvalue weighted by molar-refractivity contribution is 6.31. The van der Waals surface area contributed by atoms with Crippen molar-refractivity contribution in [3.05, 3.63) is 75.1 Å². The number of anilines is 1. The van der Waals surface area contributed by atoms with Gasteiger partial charge in [-0.1, -0.05) is 36.7 Å². The van der Waals surface area contributed by atoms with Crippen molar-refractivity contribution in [2.24, 2.45) is 0 Å². The molecule has 1 amide bonds. The first kappa shape index (κ1) is 16.3. The van der Waals surface area contributed by atoms with E-state index in [-0.39, 0.29) is 11.0 Å². The number of nitrogens with one attached hydrogen (secondary N) is 1. The number of carbonyl (C=O) groups is 1. The topological polar surface area (TPSA) is 59.3 Å². The second-order valence-corrected chi connectivity index (χ2v) is 5.88. The van der Waals surface area contributed by atoms with E-state index in [1.165, 1.54) is 0 Å². The van der Waals surface area contributed by atoms with Crippen LogP contribution in [0, 0.1) is 0 Å². The van der Waals surface area contributed by atoms with E-state index in [0.717, 1.165) is 6.42 Å². The van der Waals surface area contributed by atoms with Gasteiger partial charge in [0.25, 0.3) is 5.91 Å². The van der Waals surface area contributed by atoms with Gasteiger partial charge in [0.2, 0.25) is 5.43 Å². The number of hydrogen-bond donors (Lipinski definition) is 1. The third kappa shape index (κ3) is 3.19. The first-order valence-corrected chi connectivity index (χ1v) is 8.09. The van der Waals surface area contributed by atoms with E-state index in [1.807, 2.05) is 6.92 Å². The maximum absolute atomic E-state index is 12.8.